The molecule has 2 aliphatic heterocycles. The first-order chi connectivity index (χ1) is 12.7. The number of fused-ring (bicyclic) bond motifs is 1. The lowest BCUT2D eigenvalue weighted by Gasteiger charge is -2.30. The van der Waals surface area contributed by atoms with E-state index in [1.165, 1.54) is 5.56 Å². The van der Waals surface area contributed by atoms with E-state index in [2.05, 4.69) is 29.2 Å². The highest BCUT2D eigenvalue weighted by Crippen LogP contribution is 2.35. The molecule has 2 aromatic carbocycles. The number of para-hydroxylation sites is 2. The molecule has 5 nitrogen and oxygen atoms in total. The van der Waals surface area contributed by atoms with Crippen molar-refractivity contribution >= 4 is 5.97 Å². The molecule has 1 N–H and O–H groups in total. The van der Waals surface area contributed by atoms with Crippen LogP contribution in [0.1, 0.15) is 30.1 Å². The zero-order chi connectivity index (χ0) is 17.9. The number of carbonyl (C=O) groups is 1. The topological polar surface area (TPSA) is 59.0 Å². The first kappa shape index (κ1) is 16.9. The monoisotopic (exact) mass is 353 g/mol. The van der Waals surface area contributed by atoms with Crippen LogP contribution >= 0.6 is 0 Å². The van der Waals surface area contributed by atoms with E-state index in [1.807, 2.05) is 24.3 Å². The summed E-state index contributed by atoms with van der Waals surface area (Å²) in [7, 11) is 0. The average Bonchev–Trinajstić information content (AvgIpc) is 2.68. The molecular weight excluding hydrogens is 330 g/mol. The highest BCUT2D eigenvalue weighted by molar-refractivity contribution is 5.70. The molecule has 0 saturated carbocycles. The van der Waals surface area contributed by atoms with E-state index >= 15 is 0 Å². The maximum absolute atomic E-state index is 11.2. The summed E-state index contributed by atoms with van der Waals surface area (Å²) in [5, 5.41) is 9.22. The lowest BCUT2D eigenvalue weighted by Crippen LogP contribution is -2.38. The summed E-state index contributed by atoms with van der Waals surface area (Å²) in [6, 6.07) is 16.1. The van der Waals surface area contributed by atoms with Crippen molar-refractivity contribution in [3.8, 4) is 11.5 Å². The minimum absolute atomic E-state index is 0.106. The van der Waals surface area contributed by atoms with Crippen LogP contribution in [0.4, 0.5) is 0 Å². The van der Waals surface area contributed by atoms with E-state index in [4.69, 9.17) is 9.47 Å². The molecule has 2 heterocycles. The molecule has 0 unspecified atom stereocenters. The fourth-order valence-corrected chi connectivity index (χ4v) is 3.68. The molecular formula is C21H23NO4. The summed E-state index contributed by atoms with van der Waals surface area (Å²) in [5.41, 5.74) is 2.28. The Kier molecular flexibility index (Phi) is 4.80. The normalized spacial score (nSPS) is 22.8. The van der Waals surface area contributed by atoms with Crippen molar-refractivity contribution in [2.45, 2.75) is 25.5 Å². The Bertz CT molecular complexity index is 774. The minimum atomic E-state index is -0.681. The molecule has 2 aromatic rings. The second-order valence-corrected chi connectivity index (χ2v) is 7.02. The Morgan fingerprint density at radius 1 is 1.12 bits per heavy atom. The standard InChI is InChI=1S/C21H23NO4/c23-21(24)17-4-3-11-22(13-17)12-15-7-9-16(10-8-15)20-14-25-18-5-1-2-6-19(18)26-20/h1-2,5-10,17,20H,3-4,11-14H2,(H,23,24)/t17-,20-/m1/s1. The van der Waals surface area contributed by atoms with Crippen LogP contribution < -0.4 is 9.47 Å². The third-order valence-corrected chi connectivity index (χ3v) is 5.12. The van der Waals surface area contributed by atoms with Crippen molar-refractivity contribution in [2.24, 2.45) is 5.92 Å². The quantitative estimate of drug-likeness (QED) is 0.912. The molecule has 5 heteroatoms. The van der Waals surface area contributed by atoms with Crippen molar-refractivity contribution in [3.63, 3.8) is 0 Å². The number of piperidine rings is 1. The van der Waals surface area contributed by atoms with Gasteiger partial charge in [-0.2, -0.15) is 0 Å². The Labute approximate surface area is 153 Å². The molecule has 2 aliphatic rings. The summed E-state index contributed by atoms with van der Waals surface area (Å²) >= 11 is 0. The summed E-state index contributed by atoms with van der Waals surface area (Å²) in [6.07, 6.45) is 1.62. The van der Waals surface area contributed by atoms with E-state index < -0.39 is 5.97 Å². The third kappa shape index (κ3) is 3.68. The maximum Gasteiger partial charge on any atom is 0.307 e. The summed E-state index contributed by atoms with van der Waals surface area (Å²) in [4.78, 5) is 13.4. The van der Waals surface area contributed by atoms with Crippen molar-refractivity contribution in [2.75, 3.05) is 19.7 Å². The van der Waals surface area contributed by atoms with Gasteiger partial charge in [-0.1, -0.05) is 36.4 Å². The number of carboxylic acids is 1. The zero-order valence-electron chi connectivity index (χ0n) is 14.6. The summed E-state index contributed by atoms with van der Waals surface area (Å²) in [6.45, 7) is 2.88. The fraction of sp³-hybridized carbons (Fsp3) is 0.381. The molecule has 0 aromatic heterocycles. The number of benzene rings is 2. The fourth-order valence-electron chi connectivity index (χ4n) is 3.68. The Balaban J connectivity index is 1.39. The van der Waals surface area contributed by atoms with Gasteiger partial charge in [0.1, 0.15) is 6.61 Å². The highest BCUT2D eigenvalue weighted by atomic mass is 16.6. The van der Waals surface area contributed by atoms with Gasteiger partial charge in [0.05, 0.1) is 5.92 Å². The number of ether oxygens (including phenoxy) is 2. The van der Waals surface area contributed by atoms with Crippen LogP contribution in [0.15, 0.2) is 48.5 Å². The Morgan fingerprint density at radius 3 is 2.65 bits per heavy atom. The van der Waals surface area contributed by atoms with E-state index in [9.17, 15) is 9.90 Å². The van der Waals surface area contributed by atoms with Crippen LogP contribution in [0.25, 0.3) is 0 Å². The predicted molar refractivity (Wildman–Crippen MR) is 97.4 cm³/mol. The van der Waals surface area contributed by atoms with Gasteiger partial charge in [0.25, 0.3) is 0 Å². The molecule has 1 saturated heterocycles. The number of aliphatic carboxylic acids is 1. The van der Waals surface area contributed by atoms with E-state index in [-0.39, 0.29) is 12.0 Å². The van der Waals surface area contributed by atoms with Crippen molar-refractivity contribution in [1.82, 2.24) is 4.90 Å². The number of likely N-dealkylation sites (tertiary alicyclic amines) is 1. The second kappa shape index (κ2) is 7.38. The third-order valence-electron chi connectivity index (χ3n) is 5.12. The largest absolute Gasteiger partial charge is 0.485 e. The van der Waals surface area contributed by atoms with Gasteiger partial charge in [0.15, 0.2) is 17.6 Å². The van der Waals surface area contributed by atoms with Gasteiger partial charge in [-0.3, -0.25) is 9.69 Å². The van der Waals surface area contributed by atoms with E-state index in [0.29, 0.717) is 13.2 Å². The van der Waals surface area contributed by atoms with Crippen LogP contribution in [-0.4, -0.2) is 35.7 Å². The number of hydrogen-bond donors (Lipinski definition) is 1. The summed E-state index contributed by atoms with van der Waals surface area (Å²) in [5.74, 6) is 0.648. The molecule has 2 atom stereocenters. The summed E-state index contributed by atoms with van der Waals surface area (Å²) < 4.78 is 11.8. The molecule has 136 valence electrons. The molecule has 26 heavy (non-hydrogen) atoms. The Morgan fingerprint density at radius 2 is 1.88 bits per heavy atom. The molecule has 1 fully saturated rings. The SMILES string of the molecule is O=C(O)[C@@H]1CCCN(Cc2ccc([C@H]3COc4ccccc4O3)cc2)C1. The molecule has 0 spiro atoms. The zero-order valence-corrected chi connectivity index (χ0v) is 14.6. The number of hydrogen-bond acceptors (Lipinski definition) is 4. The number of carboxylic acid groups (broad SMARTS) is 1. The number of nitrogens with zero attached hydrogens (tertiary/aromatic N) is 1. The molecule has 0 radical (unpaired) electrons. The van der Waals surface area contributed by atoms with Gasteiger partial charge in [-0.05, 0) is 42.6 Å². The van der Waals surface area contributed by atoms with Crippen LogP contribution in [0.5, 0.6) is 11.5 Å². The average molecular weight is 353 g/mol. The van der Waals surface area contributed by atoms with Crippen LogP contribution in [0, 0.1) is 5.92 Å². The smallest absolute Gasteiger partial charge is 0.307 e. The lowest BCUT2D eigenvalue weighted by molar-refractivity contribution is -0.143. The van der Waals surface area contributed by atoms with Crippen LogP contribution in [-0.2, 0) is 11.3 Å². The van der Waals surface area contributed by atoms with Crippen molar-refractivity contribution < 1.29 is 19.4 Å². The first-order valence-corrected chi connectivity index (χ1v) is 9.11. The molecule has 4 rings (SSSR count). The minimum Gasteiger partial charge on any atom is -0.485 e. The van der Waals surface area contributed by atoms with Crippen LogP contribution in [0.2, 0.25) is 0 Å². The van der Waals surface area contributed by atoms with Crippen molar-refractivity contribution in [3.05, 3.63) is 59.7 Å². The van der Waals surface area contributed by atoms with Gasteiger partial charge in [0, 0.05) is 13.1 Å². The van der Waals surface area contributed by atoms with Gasteiger partial charge < -0.3 is 14.6 Å². The predicted octanol–water partition coefficient (Wildman–Crippen LogP) is 3.50. The second-order valence-electron chi connectivity index (χ2n) is 7.02. The van der Waals surface area contributed by atoms with Gasteiger partial charge in [-0.25, -0.2) is 0 Å². The lowest BCUT2D eigenvalue weighted by atomic mass is 9.97. The maximum atomic E-state index is 11.2. The van der Waals surface area contributed by atoms with E-state index in [0.717, 1.165) is 43.0 Å². The molecule has 0 bridgehead atoms. The highest BCUT2D eigenvalue weighted by Gasteiger charge is 2.25. The van der Waals surface area contributed by atoms with Gasteiger partial charge in [0.2, 0.25) is 0 Å². The van der Waals surface area contributed by atoms with Crippen molar-refractivity contribution in [1.29, 1.82) is 0 Å². The Hall–Kier alpha value is -2.53. The number of rotatable bonds is 4. The van der Waals surface area contributed by atoms with Gasteiger partial charge in [-0.15, -0.1) is 0 Å². The first-order valence-electron chi connectivity index (χ1n) is 9.11. The van der Waals surface area contributed by atoms with Crippen LogP contribution in [0.3, 0.4) is 0 Å². The van der Waals surface area contributed by atoms with Gasteiger partial charge >= 0.3 is 5.97 Å². The molecule has 0 aliphatic carbocycles. The van der Waals surface area contributed by atoms with E-state index in [1.54, 1.807) is 0 Å². The molecule has 0 amide bonds.